The summed E-state index contributed by atoms with van der Waals surface area (Å²) < 4.78 is 12.8. The van der Waals surface area contributed by atoms with Crippen LogP contribution in [-0.4, -0.2) is 39.6 Å². The predicted molar refractivity (Wildman–Crippen MR) is 89.1 cm³/mol. The van der Waals surface area contributed by atoms with Crippen molar-refractivity contribution < 1.29 is 14.3 Å². The normalized spacial score (nSPS) is 10.4. The van der Waals surface area contributed by atoms with E-state index in [1.807, 2.05) is 27.0 Å². The van der Waals surface area contributed by atoms with Crippen LogP contribution in [0.15, 0.2) is 29.7 Å². The fraction of sp³-hybridized carbons (Fsp3) is 0.400. The average Bonchev–Trinajstić information content (AvgIpc) is 2.93. The topological polar surface area (TPSA) is 78.3 Å². The van der Waals surface area contributed by atoms with E-state index in [2.05, 4.69) is 15.5 Å². The standard InChI is InChI=1S/C15H20N4O3S/c1-4-21-11-6-7-13(22-5-2)12(8-11)17-14(20)9-23-15-18-16-10-19(15)3/h6-8,10H,4-5,9H2,1-3H3,(H,17,20). The highest BCUT2D eigenvalue weighted by molar-refractivity contribution is 7.99. The molecule has 2 rings (SSSR count). The lowest BCUT2D eigenvalue weighted by molar-refractivity contribution is -0.113. The number of amides is 1. The van der Waals surface area contributed by atoms with Crippen LogP contribution < -0.4 is 14.8 Å². The fourth-order valence-electron chi connectivity index (χ4n) is 1.86. The van der Waals surface area contributed by atoms with Crippen molar-refractivity contribution in [2.75, 3.05) is 24.3 Å². The Bertz CT molecular complexity index is 660. The van der Waals surface area contributed by atoms with Crippen LogP contribution in [-0.2, 0) is 11.8 Å². The van der Waals surface area contributed by atoms with Gasteiger partial charge in [-0.05, 0) is 26.0 Å². The SMILES string of the molecule is CCOc1ccc(OCC)c(NC(=O)CSc2nncn2C)c1. The first kappa shape index (κ1) is 17.1. The molecule has 0 unspecified atom stereocenters. The lowest BCUT2D eigenvalue weighted by Crippen LogP contribution is -2.15. The molecule has 1 amide bonds. The number of nitrogens with zero attached hydrogens (tertiary/aromatic N) is 3. The highest BCUT2D eigenvalue weighted by Gasteiger charge is 2.11. The number of thioether (sulfide) groups is 1. The second kappa shape index (κ2) is 8.42. The number of rotatable bonds is 8. The summed E-state index contributed by atoms with van der Waals surface area (Å²) in [5, 5.41) is 11.3. The van der Waals surface area contributed by atoms with Gasteiger partial charge in [0.25, 0.3) is 0 Å². The molecule has 2 aromatic rings. The molecule has 1 aromatic heterocycles. The minimum atomic E-state index is -0.146. The third-order valence-electron chi connectivity index (χ3n) is 2.84. The van der Waals surface area contributed by atoms with Crippen molar-refractivity contribution in [2.24, 2.45) is 7.05 Å². The van der Waals surface area contributed by atoms with Crippen molar-refractivity contribution in [1.29, 1.82) is 0 Å². The summed E-state index contributed by atoms with van der Waals surface area (Å²) in [5.74, 6) is 1.39. The molecule has 1 N–H and O–H groups in total. The van der Waals surface area contributed by atoms with Crippen molar-refractivity contribution in [2.45, 2.75) is 19.0 Å². The maximum atomic E-state index is 12.2. The smallest absolute Gasteiger partial charge is 0.234 e. The maximum Gasteiger partial charge on any atom is 0.234 e. The summed E-state index contributed by atoms with van der Waals surface area (Å²) in [6, 6.07) is 5.37. The summed E-state index contributed by atoms with van der Waals surface area (Å²) in [6.45, 7) is 4.88. The summed E-state index contributed by atoms with van der Waals surface area (Å²) in [7, 11) is 1.83. The van der Waals surface area contributed by atoms with Crippen LogP contribution in [0.2, 0.25) is 0 Å². The van der Waals surface area contributed by atoms with Gasteiger partial charge in [-0.15, -0.1) is 10.2 Å². The second-order valence-electron chi connectivity index (χ2n) is 4.59. The molecule has 0 saturated carbocycles. The highest BCUT2D eigenvalue weighted by atomic mass is 32.2. The van der Waals surface area contributed by atoms with Crippen LogP contribution in [0.25, 0.3) is 0 Å². The number of hydrogen-bond donors (Lipinski definition) is 1. The Kier molecular flexibility index (Phi) is 6.28. The van der Waals surface area contributed by atoms with Crippen LogP contribution in [0.1, 0.15) is 13.8 Å². The summed E-state index contributed by atoms with van der Waals surface area (Å²) in [6.07, 6.45) is 1.60. The van der Waals surface area contributed by atoms with Gasteiger partial charge in [0, 0.05) is 13.1 Å². The molecular weight excluding hydrogens is 316 g/mol. The molecule has 0 aliphatic rings. The Morgan fingerprint density at radius 2 is 2.09 bits per heavy atom. The monoisotopic (exact) mass is 336 g/mol. The van der Waals surface area contributed by atoms with Crippen molar-refractivity contribution in [3.8, 4) is 11.5 Å². The van der Waals surface area contributed by atoms with Gasteiger partial charge in [0.1, 0.15) is 17.8 Å². The van der Waals surface area contributed by atoms with E-state index in [1.54, 1.807) is 23.0 Å². The zero-order valence-electron chi connectivity index (χ0n) is 13.4. The van der Waals surface area contributed by atoms with Gasteiger partial charge in [-0.3, -0.25) is 4.79 Å². The van der Waals surface area contributed by atoms with Gasteiger partial charge in [-0.2, -0.15) is 0 Å². The molecule has 124 valence electrons. The molecule has 8 heteroatoms. The Hall–Kier alpha value is -2.22. The molecule has 0 aliphatic heterocycles. The number of carbonyl (C=O) groups excluding carboxylic acids is 1. The summed E-state index contributed by atoms with van der Waals surface area (Å²) in [5.41, 5.74) is 0.598. The van der Waals surface area contributed by atoms with Crippen molar-refractivity contribution >= 4 is 23.4 Å². The van der Waals surface area contributed by atoms with Gasteiger partial charge in [0.05, 0.1) is 24.7 Å². The van der Waals surface area contributed by atoms with Gasteiger partial charge in [0.2, 0.25) is 5.91 Å². The third kappa shape index (κ3) is 4.88. The van der Waals surface area contributed by atoms with E-state index < -0.39 is 0 Å². The fourth-order valence-corrected chi connectivity index (χ4v) is 2.55. The average molecular weight is 336 g/mol. The molecule has 7 nitrogen and oxygen atoms in total. The molecule has 0 spiro atoms. The molecule has 1 aromatic carbocycles. The van der Waals surface area contributed by atoms with Crippen molar-refractivity contribution in [3.63, 3.8) is 0 Å². The van der Waals surface area contributed by atoms with Crippen LogP contribution in [0.4, 0.5) is 5.69 Å². The van der Waals surface area contributed by atoms with Gasteiger partial charge in [-0.1, -0.05) is 11.8 Å². The van der Waals surface area contributed by atoms with E-state index in [4.69, 9.17) is 9.47 Å². The number of hydrogen-bond acceptors (Lipinski definition) is 6. The second-order valence-corrected chi connectivity index (χ2v) is 5.53. The number of carbonyl (C=O) groups is 1. The third-order valence-corrected chi connectivity index (χ3v) is 3.87. The van der Waals surface area contributed by atoms with Crippen molar-refractivity contribution in [1.82, 2.24) is 14.8 Å². The molecule has 0 bridgehead atoms. The number of nitrogens with one attached hydrogen (secondary N) is 1. The minimum absolute atomic E-state index is 0.146. The number of ether oxygens (including phenoxy) is 2. The van der Waals surface area contributed by atoms with Gasteiger partial charge in [-0.25, -0.2) is 0 Å². The molecule has 0 fully saturated rings. The Morgan fingerprint density at radius 3 is 2.74 bits per heavy atom. The van der Waals surface area contributed by atoms with E-state index in [1.165, 1.54) is 11.8 Å². The van der Waals surface area contributed by atoms with Crippen molar-refractivity contribution in [3.05, 3.63) is 24.5 Å². The zero-order valence-corrected chi connectivity index (χ0v) is 14.2. The van der Waals surface area contributed by atoms with E-state index in [0.29, 0.717) is 35.6 Å². The van der Waals surface area contributed by atoms with Crippen LogP contribution in [0.5, 0.6) is 11.5 Å². The molecule has 0 aliphatic carbocycles. The molecule has 23 heavy (non-hydrogen) atoms. The maximum absolute atomic E-state index is 12.2. The highest BCUT2D eigenvalue weighted by Crippen LogP contribution is 2.29. The lowest BCUT2D eigenvalue weighted by atomic mass is 10.2. The predicted octanol–water partition coefficient (Wildman–Crippen LogP) is 2.34. The minimum Gasteiger partial charge on any atom is -0.494 e. The molecule has 0 atom stereocenters. The largest absolute Gasteiger partial charge is 0.494 e. The van der Waals surface area contributed by atoms with E-state index >= 15 is 0 Å². The first-order valence-corrected chi connectivity index (χ1v) is 8.28. The molecular formula is C15H20N4O3S. The first-order chi connectivity index (χ1) is 11.1. The summed E-state index contributed by atoms with van der Waals surface area (Å²) >= 11 is 1.32. The summed E-state index contributed by atoms with van der Waals surface area (Å²) in [4.78, 5) is 12.2. The molecule has 0 saturated heterocycles. The number of benzene rings is 1. The number of aryl methyl sites for hydroxylation is 1. The number of aromatic nitrogens is 3. The Morgan fingerprint density at radius 1 is 1.30 bits per heavy atom. The van der Waals surface area contributed by atoms with Crippen LogP contribution in [0.3, 0.4) is 0 Å². The van der Waals surface area contributed by atoms with E-state index in [9.17, 15) is 4.79 Å². The van der Waals surface area contributed by atoms with Gasteiger partial charge >= 0.3 is 0 Å². The Balaban J connectivity index is 2.02. The van der Waals surface area contributed by atoms with E-state index in [0.717, 1.165) is 0 Å². The van der Waals surface area contributed by atoms with Crippen LogP contribution in [0, 0.1) is 0 Å². The lowest BCUT2D eigenvalue weighted by Gasteiger charge is -2.13. The number of anilines is 1. The first-order valence-electron chi connectivity index (χ1n) is 7.30. The van der Waals surface area contributed by atoms with Gasteiger partial charge < -0.3 is 19.4 Å². The Labute approximate surface area is 139 Å². The molecule has 1 heterocycles. The zero-order chi connectivity index (χ0) is 16.7. The van der Waals surface area contributed by atoms with E-state index in [-0.39, 0.29) is 11.7 Å². The van der Waals surface area contributed by atoms with Crippen LogP contribution >= 0.6 is 11.8 Å². The quantitative estimate of drug-likeness (QED) is 0.746. The van der Waals surface area contributed by atoms with Gasteiger partial charge in [0.15, 0.2) is 5.16 Å². The molecule has 0 radical (unpaired) electrons.